The zero-order valence-electron chi connectivity index (χ0n) is 12.4. The molecule has 0 aromatic heterocycles. The minimum atomic E-state index is -0.0549. The zero-order chi connectivity index (χ0) is 14.5. The first kappa shape index (κ1) is 15.5. The van der Waals surface area contributed by atoms with Crippen LogP contribution in [0.4, 0.5) is 0 Å². The topological polar surface area (TPSA) is 50.4 Å². The van der Waals surface area contributed by atoms with Crippen LogP contribution < -0.4 is 15.4 Å². The Hall–Kier alpha value is -1.55. The van der Waals surface area contributed by atoms with Crippen molar-refractivity contribution in [1.82, 2.24) is 10.6 Å². The van der Waals surface area contributed by atoms with Gasteiger partial charge in [-0.2, -0.15) is 0 Å². The van der Waals surface area contributed by atoms with Gasteiger partial charge >= 0.3 is 0 Å². The van der Waals surface area contributed by atoms with Crippen molar-refractivity contribution in [3.05, 3.63) is 29.8 Å². The lowest BCUT2D eigenvalue weighted by molar-refractivity contribution is -0.121. The van der Waals surface area contributed by atoms with E-state index >= 15 is 0 Å². The Morgan fingerprint density at radius 3 is 2.32 bits per heavy atom. The summed E-state index contributed by atoms with van der Waals surface area (Å²) < 4.78 is 5.11. The number of ether oxygens (including phenoxy) is 1. The SMILES string of the molecule is COc1ccc(C(C)NC(=O)CNC(C)(C)C)cc1. The Morgan fingerprint density at radius 1 is 1.26 bits per heavy atom. The second kappa shape index (κ2) is 6.57. The van der Waals surface area contributed by atoms with Gasteiger partial charge in [-0.1, -0.05) is 12.1 Å². The first-order chi connectivity index (χ1) is 8.81. The molecule has 4 nitrogen and oxygen atoms in total. The fraction of sp³-hybridized carbons (Fsp3) is 0.533. The molecule has 0 fully saturated rings. The van der Waals surface area contributed by atoms with Gasteiger partial charge in [0.1, 0.15) is 5.75 Å². The number of methoxy groups -OCH3 is 1. The highest BCUT2D eigenvalue weighted by Gasteiger charge is 2.13. The molecular weight excluding hydrogens is 240 g/mol. The summed E-state index contributed by atoms with van der Waals surface area (Å²) in [4.78, 5) is 11.8. The van der Waals surface area contributed by atoms with Crippen LogP contribution in [0.5, 0.6) is 5.75 Å². The van der Waals surface area contributed by atoms with E-state index in [2.05, 4.69) is 10.6 Å². The number of carbonyl (C=O) groups is 1. The molecule has 4 heteroatoms. The normalized spacial score (nSPS) is 12.9. The van der Waals surface area contributed by atoms with Gasteiger partial charge in [0.05, 0.1) is 19.7 Å². The number of rotatable bonds is 5. The highest BCUT2D eigenvalue weighted by Crippen LogP contribution is 2.16. The van der Waals surface area contributed by atoms with Gasteiger partial charge in [-0.15, -0.1) is 0 Å². The van der Waals surface area contributed by atoms with Crippen molar-refractivity contribution in [1.29, 1.82) is 0 Å². The Labute approximate surface area is 115 Å². The maximum atomic E-state index is 11.8. The lowest BCUT2D eigenvalue weighted by atomic mass is 10.1. The van der Waals surface area contributed by atoms with Crippen LogP contribution in [0.25, 0.3) is 0 Å². The standard InChI is InChI=1S/C15H24N2O2/c1-11(12-6-8-13(19-5)9-7-12)17-14(18)10-16-15(2,3)4/h6-9,11,16H,10H2,1-5H3,(H,17,18). The first-order valence-electron chi connectivity index (χ1n) is 6.50. The van der Waals surface area contributed by atoms with Crippen molar-refractivity contribution in [2.24, 2.45) is 0 Å². The number of amides is 1. The Bertz CT molecular complexity index is 407. The van der Waals surface area contributed by atoms with Crippen molar-refractivity contribution in [3.8, 4) is 5.75 Å². The molecular formula is C15H24N2O2. The maximum absolute atomic E-state index is 11.8. The van der Waals surface area contributed by atoms with Crippen LogP contribution in [0, 0.1) is 0 Å². The first-order valence-corrected chi connectivity index (χ1v) is 6.50. The molecule has 1 unspecified atom stereocenters. The van der Waals surface area contributed by atoms with E-state index in [1.165, 1.54) is 0 Å². The molecule has 1 rings (SSSR count). The van der Waals surface area contributed by atoms with E-state index < -0.39 is 0 Å². The minimum Gasteiger partial charge on any atom is -0.497 e. The van der Waals surface area contributed by atoms with E-state index in [4.69, 9.17) is 4.74 Å². The molecule has 106 valence electrons. The number of hydrogen-bond acceptors (Lipinski definition) is 3. The monoisotopic (exact) mass is 264 g/mol. The van der Waals surface area contributed by atoms with Gasteiger partial charge in [0.2, 0.25) is 5.91 Å². The zero-order valence-corrected chi connectivity index (χ0v) is 12.4. The van der Waals surface area contributed by atoms with Crippen LogP contribution >= 0.6 is 0 Å². The molecule has 1 atom stereocenters. The third kappa shape index (κ3) is 5.75. The smallest absolute Gasteiger partial charge is 0.234 e. The number of benzene rings is 1. The molecule has 19 heavy (non-hydrogen) atoms. The number of nitrogens with one attached hydrogen (secondary N) is 2. The maximum Gasteiger partial charge on any atom is 0.234 e. The summed E-state index contributed by atoms with van der Waals surface area (Å²) in [6, 6.07) is 7.69. The molecule has 1 aromatic rings. The molecule has 0 spiro atoms. The van der Waals surface area contributed by atoms with Gasteiger partial charge in [0.25, 0.3) is 0 Å². The van der Waals surface area contributed by atoms with Crippen molar-refractivity contribution in [2.75, 3.05) is 13.7 Å². The quantitative estimate of drug-likeness (QED) is 0.857. The van der Waals surface area contributed by atoms with Gasteiger partial charge in [-0.05, 0) is 45.4 Å². The predicted molar refractivity (Wildman–Crippen MR) is 77.3 cm³/mol. The molecule has 0 aliphatic rings. The Morgan fingerprint density at radius 2 is 1.84 bits per heavy atom. The predicted octanol–water partition coefficient (Wildman–Crippen LogP) is 2.26. The second-order valence-corrected chi connectivity index (χ2v) is 5.67. The average Bonchev–Trinajstić information content (AvgIpc) is 2.35. The molecule has 0 heterocycles. The summed E-state index contributed by atoms with van der Waals surface area (Å²) >= 11 is 0. The van der Waals surface area contributed by atoms with Crippen LogP contribution in [0.2, 0.25) is 0 Å². The van der Waals surface area contributed by atoms with E-state index in [1.54, 1.807) is 7.11 Å². The van der Waals surface area contributed by atoms with Crippen LogP contribution in [-0.2, 0) is 4.79 Å². The largest absolute Gasteiger partial charge is 0.497 e. The molecule has 2 N–H and O–H groups in total. The van der Waals surface area contributed by atoms with Crippen LogP contribution in [0.1, 0.15) is 39.3 Å². The average molecular weight is 264 g/mol. The fourth-order valence-corrected chi connectivity index (χ4v) is 1.61. The summed E-state index contributed by atoms with van der Waals surface area (Å²) in [5.41, 5.74) is 1.01. The Kier molecular flexibility index (Phi) is 5.36. The third-order valence-electron chi connectivity index (χ3n) is 2.77. The number of hydrogen-bond donors (Lipinski definition) is 2. The van der Waals surface area contributed by atoms with Crippen LogP contribution in [0.15, 0.2) is 24.3 Å². The van der Waals surface area contributed by atoms with Gasteiger partial charge in [0.15, 0.2) is 0 Å². The second-order valence-electron chi connectivity index (χ2n) is 5.67. The third-order valence-corrected chi connectivity index (χ3v) is 2.77. The van der Waals surface area contributed by atoms with Crippen LogP contribution in [0.3, 0.4) is 0 Å². The molecule has 0 aliphatic heterocycles. The van der Waals surface area contributed by atoms with Gasteiger partial charge in [-0.3, -0.25) is 4.79 Å². The van der Waals surface area contributed by atoms with E-state index in [0.29, 0.717) is 6.54 Å². The molecule has 0 saturated carbocycles. The lowest BCUT2D eigenvalue weighted by Gasteiger charge is -2.21. The van der Waals surface area contributed by atoms with Crippen molar-refractivity contribution >= 4 is 5.91 Å². The van der Waals surface area contributed by atoms with E-state index in [9.17, 15) is 4.79 Å². The van der Waals surface area contributed by atoms with E-state index in [-0.39, 0.29) is 17.5 Å². The molecule has 0 radical (unpaired) electrons. The summed E-state index contributed by atoms with van der Waals surface area (Å²) in [5, 5.41) is 6.13. The molecule has 1 amide bonds. The summed E-state index contributed by atoms with van der Waals surface area (Å²) in [6.45, 7) is 8.40. The molecule has 0 bridgehead atoms. The summed E-state index contributed by atoms with van der Waals surface area (Å²) in [7, 11) is 1.64. The highest BCUT2D eigenvalue weighted by atomic mass is 16.5. The highest BCUT2D eigenvalue weighted by molar-refractivity contribution is 5.78. The van der Waals surface area contributed by atoms with Gasteiger partial charge in [-0.25, -0.2) is 0 Å². The van der Waals surface area contributed by atoms with Crippen molar-refractivity contribution in [2.45, 2.75) is 39.3 Å². The van der Waals surface area contributed by atoms with E-state index in [0.717, 1.165) is 11.3 Å². The van der Waals surface area contributed by atoms with Crippen molar-refractivity contribution < 1.29 is 9.53 Å². The Balaban J connectivity index is 2.49. The van der Waals surface area contributed by atoms with E-state index in [1.807, 2.05) is 52.0 Å². The minimum absolute atomic E-state index is 0.00163. The molecule has 0 aliphatic carbocycles. The van der Waals surface area contributed by atoms with Gasteiger partial charge in [0, 0.05) is 5.54 Å². The van der Waals surface area contributed by atoms with Crippen LogP contribution in [-0.4, -0.2) is 25.1 Å². The van der Waals surface area contributed by atoms with Crippen molar-refractivity contribution in [3.63, 3.8) is 0 Å². The van der Waals surface area contributed by atoms with Gasteiger partial charge < -0.3 is 15.4 Å². The fourth-order valence-electron chi connectivity index (χ4n) is 1.61. The number of carbonyl (C=O) groups excluding carboxylic acids is 1. The molecule has 0 saturated heterocycles. The summed E-state index contributed by atoms with van der Waals surface area (Å²) in [6.07, 6.45) is 0. The lowest BCUT2D eigenvalue weighted by Crippen LogP contribution is -2.43. The summed E-state index contributed by atoms with van der Waals surface area (Å²) in [5.74, 6) is 0.815. The molecule has 1 aromatic carbocycles.